The van der Waals surface area contributed by atoms with Crippen molar-refractivity contribution >= 4 is 11.6 Å². The second-order valence-electron chi connectivity index (χ2n) is 3.73. The van der Waals surface area contributed by atoms with E-state index in [2.05, 4.69) is 13.8 Å². The first-order valence-electron chi connectivity index (χ1n) is 3.96. The van der Waals surface area contributed by atoms with E-state index in [1.807, 2.05) is 0 Å². The van der Waals surface area contributed by atoms with Gasteiger partial charge in [0.2, 0.25) is 0 Å². The highest BCUT2D eigenvalue weighted by atomic mass is 35.5. The molecule has 10 heavy (non-hydrogen) atoms. The van der Waals surface area contributed by atoms with Crippen molar-refractivity contribution < 1.29 is 0 Å². The molecule has 0 radical (unpaired) electrons. The van der Waals surface area contributed by atoms with Crippen LogP contribution in [-0.4, -0.2) is 0 Å². The molecular weight excluding hydrogens is 144 g/mol. The van der Waals surface area contributed by atoms with Gasteiger partial charge in [-0.1, -0.05) is 37.4 Å². The second kappa shape index (κ2) is 2.96. The van der Waals surface area contributed by atoms with E-state index in [1.165, 1.54) is 31.3 Å². The Balaban J connectivity index is 2.70. The molecule has 1 heteroatoms. The van der Waals surface area contributed by atoms with Crippen LogP contribution in [0.5, 0.6) is 0 Å². The van der Waals surface area contributed by atoms with Gasteiger partial charge < -0.3 is 0 Å². The molecule has 1 fully saturated rings. The van der Waals surface area contributed by atoms with E-state index in [-0.39, 0.29) is 0 Å². The van der Waals surface area contributed by atoms with Crippen LogP contribution >= 0.6 is 11.6 Å². The van der Waals surface area contributed by atoms with Gasteiger partial charge in [0.1, 0.15) is 0 Å². The number of hydrogen-bond donors (Lipinski definition) is 0. The molecule has 1 aliphatic carbocycles. The molecule has 0 atom stereocenters. The Kier molecular flexibility index (Phi) is 2.40. The maximum atomic E-state index is 5.70. The third-order valence-electron chi connectivity index (χ3n) is 2.50. The lowest BCUT2D eigenvalue weighted by Crippen LogP contribution is -2.18. The summed E-state index contributed by atoms with van der Waals surface area (Å²) in [5.74, 6) is 0. The average molecular weight is 159 g/mol. The van der Waals surface area contributed by atoms with Crippen LogP contribution in [0.2, 0.25) is 0 Å². The van der Waals surface area contributed by atoms with Crippen molar-refractivity contribution in [2.24, 2.45) is 5.41 Å². The fourth-order valence-corrected chi connectivity index (χ4v) is 1.99. The molecule has 1 rings (SSSR count). The average Bonchev–Trinajstić information content (AvgIpc) is 1.87. The molecule has 58 valence electrons. The normalized spacial score (nSPS) is 28.9. The summed E-state index contributed by atoms with van der Waals surface area (Å²) in [6.07, 6.45) is 5.19. The van der Waals surface area contributed by atoms with Crippen LogP contribution in [0.25, 0.3) is 0 Å². The minimum atomic E-state index is 0.375. The van der Waals surface area contributed by atoms with Crippen LogP contribution in [0, 0.1) is 5.41 Å². The van der Waals surface area contributed by atoms with Crippen LogP contribution in [0.1, 0.15) is 39.5 Å². The van der Waals surface area contributed by atoms with Crippen LogP contribution in [0.4, 0.5) is 0 Å². The van der Waals surface area contributed by atoms with E-state index in [1.54, 1.807) is 5.54 Å². The molecule has 0 bridgehead atoms. The van der Waals surface area contributed by atoms with E-state index in [9.17, 15) is 0 Å². The molecule has 0 aliphatic heterocycles. The molecule has 0 saturated heterocycles. The largest absolute Gasteiger partial charge is 0.0930 e. The van der Waals surface area contributed by atoms with E-state index in [0.29, 0.717) is 5.41 Å². The van der Waals surface area contributed by atoms with Crippen molar-refractivity contribution in [1.82, 2.24) is 0 Å². The fraction of sp³-hybridized carbons (Fsp3) is 0.778. The Morgan fingerprint density at radius 1 is 1.40 bits per heavy atom. The molecule has 0 spiro atoms. The summed E-state index contributed by atoms with van der Waals surface area (Å²) in [7, 11) is 0. The van der Waals surface area contributed by atoms with Gasteiger partial charge in [-0.2, -0.15) is 0 Å². The lowest BCUT2D eigenvalue weighted by atomic mass is 9.74. The van der Waals surface area contributed by atoms with Gasteiger partial charge in [0, 0.05) is 5.54 Å². The quantitative estimate of drug-likeness (QED) is 0.504. The molecule has 1 saturated carbocycles. The van der Waals surface area contributed by atoms with Crippen molar-refractivity contribution in [2.75, 3.05) is 0 Å². The summed E-state index contributed by atoms with van der Waals surface area (Å²) >= 11 is 5.70. The monoisotopic (exact) mass is 158 g/mol. The minimum absolute atomic E-state index is 0.375. The Labute approximate surface area is 68.3 Å². The number of allylic oxidation sites excluding steroid dienone is 1. The minimum Gasteiger partial charge on any atom is -0.0930 e. The standard InChI is InChI=1S/C9H15Cl/c1-9(2)6-4-3-5-8(9)7-10/h7H,3-6H2,1-2H3/b8-7+. The second-order valence-corrected chi connectivity index (χ2v) is 3.94. The summed E-state index contributed by atoms with van der Waals surface area (Å²) in [5, 5.41) is 0. The smallest absolute Gasteiger partial charge is 0.00398 e. The van der Waals surface area contributed by atoms with Gasteiger partial charge in [0.05, 0.1) is 0 Å². The zero-order valence-electron chi connectivity index (χ0n) is 6.78. The molecule has 0 unspecified atom stereocenters. The lowest BCUT2D eigenvalue weighted by molar-refractivity contribution is 0.337. The molecule has 0 amide bonds. The van der Waals surface area contributed by atoms with Crippen LogP contribution in [-0.2, 0) is 0 Å². The van der Waals surface area contributed by atoms with E-state index in [4.69, 9.17) is 11.6 Å². The highest BCUT2D eigenvalue weighted by molar-refractivity contribution is 6.25. The Hall–Kier alpha value is 0.0300. The predicted molar refractivity (Wildman–Crippen MR) is 46.2 cm³/mol. The van der Waals surface area contributed by atoms with Crippen LogP contribution in [0.3, 0.4) is 0 Å². The topological polar surface area (TPSA) is 0 Å². The molecule has 0 aromatic heterocycles. The van der Waals surface area contributed by atoms with Gasteiger partial charge in [-0.3, -0.25) is 0 Å². The number of rotatable bonds is 0. The summed E-state index contributed by atoms with van der Waals surface area (Å²) < 4.78 is 0. The SMILES string of the molecule is CC1(C)CCCC/C1=C\Cl. The Morgan fingerprint density at radius 2 is 2.10 bits per heavy atom. The summed E-state index contributed by atoms with van der Waals surface area (Å²) in [4.78, 5) is 0. The van der Waals surface area contributed by atoms with Crippen molar-refractivity contribution in [3.63, 3.8) is 0 Å². The fourth-order valence-electron chi connectivity index (χ4n) is 1.58. The van der Waals surface area contributed by atoms with E-state index >= 15 is 0 Å². The predicted octanol–water partition coefficient (Wildman–Crippen LogP) is 3.71. The zero-order valence-corrected chi connectivity index (χ0v) is 7.54. The van der Waals surface area contributed by atoms with Crippen LogP contribution < -0.4 is 0 Å². The molecule has 0 N–H and O–H groups in total. The first-order valence-corrected chi connectivity index (χ1v) is 4.40. The van der Waals surface area contributed by atoms with Gasteiger partial charge in [-0.05, 0) is 24.7 Å². The van der Waals surface area contributed by atoms with Crippen LogP contribution in [0.15, 0.2) is 11.1 Å². The molecular formula is C9H15Cl. The third kappa shape index (κ3) is 1.54. The summed E-state index contributed by atoms with van der Waals surface area (Å²) in [6.45, 7) is 4.56. The molecule has 1 aliphatic rings. The Morgan fingerprint density at radius 3 is 2.50 bits per heavy atom. The highest BCUT2D eigenvalue weighted by Gasteiger charge is 2.25. The molecule has 0 aromatic carbocycles. The van der Waals surface area contributed by atoms with Crippen molar-refractivity contribution in [3.8, 4) is 0 Å². The highest BCUT2D eigenvalue weighted by Crippen LogP contribution is 2.39. The van der Waals surface area contributed by atoms with Gasteiger partial charge >= 0.3 is 0 Å². The maximum Gasteiger partial charge on any atom is 0.00398 e. The number of halogens is 1. The molecule has 0 heterocycles. The van der Waals surface area contributed by atoms with Gasteiger partial charge in [0.15, 0.2) is 0 Å². The van der Waals surface area contributed by atoms with Gasteiger partial charge in [-0.15, -0.1) is 0 Å². The summed E-state index contributed by atoms with van der Waals surface area (Å²) in [5.41, 5.74) is 3.58. The van der Waals surface area contributed by atoms with E-state index in [0.717, 1.165) is 0 Å². The van der Waals surface area contributed by atoms with Gasteiger partial charge in [0.25, 0.3) is 0 Å². The third-order valence-corrected chi connectivity index (χ3v) is 2.76. The van der Waals surface area contributed by atoms with Gasteiger partial charge in [-0.25, -0.2) is 0 Å². The lowest BCUT2D eigenvalue weighted by Gasteiger charge is -2.32. The first-order chi connectivity index (χ1) is 4.67. The van der Waals surface area contributed by atoms with Crippen molar-refractivity contribution in [1.29, 1.82) is 0 Å². The van der Waals surface area contributed by atoms with E-state index < -0.39 is 0 Å². The maximum absolute atomic E-state index is 5.70. The van der Waals surface area contributed by atoms with Crippen molar-refractivity contribution in [2.45, 2.75) is 39.5 Å². The number of hydrogen-bond acceptors (Lipinski definition) is 0. The first kappa shape index (κ1) is 8.13. The van der Waals surface area contributed by atoms with Crippen molar-refractivity contribution in [3.05, 3.63) is 11.1 Å². The zero-order chi connectivity index (χ0) is 7.61. The molecule has 0 aromatic rings. The molecule has 0 nitrogen and oxygen atoms in total. The summed E-state index contributed by atoms with van der Waals surface area (Å²) in [6, 6.07) is 0. The Bertz CT molecular complexity index is 145.